The van der Waals surface area contributed by atoms with E-state index in [0.29, 0.717) is 0 Å². The molecule has 1 nitrogen and oxygen atoms in total. The van der Waals surface area contributed by atoms with Crippen molar-refractivity contribution in [3.05, 3.63) is 47.4 Å². The van der Waals surface area contributed by atoms with Crippen LogP contribution in [0.4, 0.5) is 0 Å². The van der Waals surface area contributed by atoms with E-state index in [2.05, 4.69) is 54.7 Å². The molecule has 0 bridgehead atoms. The van der Waals surface area contributed by atoms with Gasteiger partial charge in [0, 0.05) is 16.1 Å². The van der Waals surface area contributed by atoms with Crippen molar-refractivity contribution in [3.63, 3.8) is 0 Å². The molecule has 0 saturated carbocycles. The summed E-state index contributed by atoms with van der Waals surface area (Å²) in [6, 6.07) is 10.8. The van der Waals surface area contributed by atoms with Gasteiger partial charge >= 0.3 is 0 Å². The fourth-order valence-corrected chi connectivity index (χ4v) is 2.72. The van der Waals surface area contributed by atoms with Gasteiger partial charge in [-0.05, 0) is 37.4 Å². The van der Waals surface area contributed by atoms with Crippen LogP contribution in [0.25, 0.3) is 10.1 Å². The molecule has 1 N–H and O–H groups in total. The van der Waals surface area contributed by atoms with Crippen molar-refractivity contribution in [1.29, 1.82) is 0 Å². The number of fused-ring (bicyclic) bond motifs is 1. The maximum Gasteiger partial charge on any atom is 0.0346 e. The Hall–Kier alpha value is -1.12. The minimum absolute atomic E-state index is 0.983. The van der Waals surface area contributed by atoms with Crippen molar-refractivity contribution in [1.82, 2.24) is 5.32 Å². The Morgan fingerprint density at radius 3 is 3.00 bits per heavy atom. The Bertz CT molecular complexity index is 437. The van der Waals surface area contributed by atoms with Crippen LogP contribution in [0.15, 0.2) is 42.5 Å². The summed E-state index contributed by atoms with van der Waals surface area (Å²) >= 11 is 1.88. The van der Waals surface area contributed by atoms with Crippen LogP contribution in [0.5, 0.6) is 0 Å². The van der Waals surface area contributed by atoms with E-state index in [1.807, 2.05) is 11.3 Å². The molecule has 0 aliphatic carbocycles. The second-order valence-corrected chi connectivity index (χ2v) is 4.95. The van der Waals surface area contributed by atoms with Crippen molar-refractivity contribution >= 4 is 21.4 Å². The van der Waals surface area contributed by atoms with Crippen LogP contribution in [-0.2, 0) is 6.54 Å². The predicted octanol–water partition coefficient (Wildman–Crippen LogP) is 3.96. The molecule has 0 radical (unpaired) electrons. The molecule has 1 heterocycles. The molecule has 0 saturated heterocycles. The number of nitrogens with one attached hydrogen (secondary N) is 1. The number of hydrogen-bond acceptors (Lipinski definition) is 2. The molecular formula is C14H17NS. The Labute approximate surface area is 101 Å². The van der Waals surface area contributed by atoms with E-state index in [-0.39, 0.29) is 0 Å². The van der Waals surface area contributed by atoms with Crippen molar-refractivity contribution in [2.24, 2.45) is 0 Å². The lowest BCUT2D eigenvalue weighted by molar-refractivity contribution is 0.702. The molecule has 1 aromatic heterocycles. The molecule has 1 aromatic carbocycles. The average molecular weight is 231 g/mol. The molecular weight excluding hydrogens is 214 g/mol. The fourth-order valence-electron chi connectivity index (χ4n) is 1.69. The Morgan fingerprint density at radius 2 is 2.19 bits per heavy atom. The largest absolute Gasteiger partial charge is 0.312 e. The number of allylic oxidation sites excluding steroid dienone is 1. The van der Waals surface area contributed by atoms with E-state index in [1.165, 1.54) is 15.0 Å². The number of thiophene rings is 1. The molecule has 0 unspecified atom stereocenters. The first-order valence-corrected chi connectivity index (χ1v) is 6.51. The van der Waals surface area contributed by atoms with Gasteiger partial charge in [-0.1, -0.05) is 30.4 Å². The summed E-state index contributed by atoms with van der Waals surface area (Å²) in [6.07, 6.45) is 5.40. The molecule has 0 fully saturated rings. The highest BCUT2D eigenvalue weighted by molar-refractivity contribution is 7.19. The van der Waals surface area contributed by atoms with Crippen LogP contribution in [0.2, 0.25) is 0 Å². The van der Waals surface area contributed by atoms with Crippen LogP contribution in [0.3, 0.4) is 0 Å². The van der Waals surface area contributed by atoms with E-state index in [0.717, 1.165) is 19.5 Å². The molecule has 0 aliphatic heterocycles. The third kappa shape index (κ3) is 2.94. The van der Waals surface area contributed by atoms with Gasteiger partial charge in [-0.3, -0.25) is 0 Å². The number of rotatable bonds is 5. The van der Waals surface area contributed by atoms with Gasteiger partial charge in [0.05, 0.1) is 0 Å². The summed E-state index contributed by atoms with van der Waals surface area (Å²) in [6.45, 7) is 4.10. The van der Waals surface area contributed by atoms with Gasteiger partial charge in [0.2, 0.25) is 0 Å². The third-order valence-corrected chi connectivity index (χ3v) is 3.62. The topological polar surface area (TPSA) is 12.0 Å². The zero-order valence-corrected chi connectivity index (χ0v) is 10.4. The Balaban J connectivity index is 1.89. The van der Waals surface area contributed by atoms with Gasteiger partial charge in [0.1, 0.15) is 0 Å². The van der Waals surface area contributed by atoms with E-state index >= 15 is 0 Å². The normalized spacial score (nSPS) is 11.6. The highest BCUT2D eigenvalue weighted by Gasteiger charge is 1.99. The molecule has 16 heavy (non-hydrogen) atoms. The van der Waals surface area contributed by atoms with Crippen molar-refractivity contribution < 1.29 is 0 Å². The third-order valence-electron chi connectivity index (χ3n) is 2.50. The standard InChI is InChI=1S/C14H17NS/c1-2-3-6-9-15-11-13-10-12-7-4-5-8-14(12)16-13/h2-5,7-8,10,15H,6,9,11H2,1H3/b3-2+. The molecule has 0 spiro atoms. The lowest BCUT2D eigenvalue weighted by Gasteiger charge is -1.98. The molecule has 2 aromatic rings. The first kappa shape index (κ1) is 11.4. The van der Waals surface area contributed by atoms with Gasteiger partial charge < -0.3 is 5.32 Å². The summed E-state index contributed by atoms with van der Waals surface area (Å²) in [4.78, 5) is 1.42. The summed E-state index contributed by atoms with van der Waals surface area (Å²) in [7, 11) is 0. The molecule has 0 aliphatic rings. The summed E-state index contributed by atoms with van der Waals surface area (Å²) in [5.74, 6) is 0. The zero-order valence-electron chi connectivity index (χ0n) is 9.57. The summed E-state index contributed by atoms with van der Waals surface area (Å²) in [5, 5.41) is 4.82. The zero-order chi connectivity index (χ0) is 11.2. The first-order chi connectivity index (χ1) is 7.90. The second kappa shape index (κ2) is 5.83. The predicted molar refractivity (Wildman–Crippen MR) is 73.0 cm³/mol. The van der Waals surface area contributed by atoms with Crippen LogP contribution in [0, 0.1) is 0 Å². The Kier molecular flexibility index (Phi) is 4.14. The lowest BCUT2D eigenvalue weighted by atomic mass is 10.2. The van der Waals surface area contributed by atoms with Gasteiger partial charge in [0.25, 0.3) is 0 Å². The SMILES string of the molecule is C/C=C/CCNCc1cc2ccccc2s1. The number of benzene rings is 1. The molecule has 2 rings (SSSR count). The van der Waals surface area contributed by atoms with Crippen LogP contribution in [0.1, 0.15) is 18.2 Å². The minimum atomic E-state index is 0.983. The van der Waals surface area contributed by atoms with Gasteiger partial charge in [-0.2, -0.15) is 0 Å². The van der Waals surface area contributed by atoms with Crippen LogP contribution >= 0.6 is 11.3 Å². The first-order valence-electron chi connectivity index (χ1n) is 5.69. The summed E-state index contributed by atoms with van der Waals surface area (Å²) < 4.78 is 1.38. The maximum atomic E-state index is 3.46. The molecule has 0 amide bonds. The molecule has 2 heteroatoms. The monoisotopic (exact) mass is 231 g/mol. The van der Waals surface area contributed by atoms with Crippen LogP contribution < -0.4 is 5.32 Å². The van der Waals surface area contributed by atoms with E-state index in [9.17, 15) is 0 Å². The minimum Gasteiger partial charge on any atom is -0.312 e. The van der Waals surface area contributed by atoms with Crippen molar-refractivity contribution in [2.75, 3.05) is 6.54 Å². The quantitative estimate of drug-likeness (QED) is 0.606. The Morgan fingerprint density at radius 1 is 1.31 bits per heavy atom. The van der Waals surface area contributed by atoms with Gasteiger partial charge in [-0.25, -0.2) is 0 Å². The smallest absolute Gasteiger partial charge is 0.0346 e. The highest BCUT2D eigenvalue weighted by Crippen LogP contribution is 2.24. The van der Waals surface area contributed by atoms with Crippen molar-refractivity contribution in [3.8, 4) is 0 Å². The van der Waals surface area contributed by atoms with E-state index < -0.39 is 0 Å². The molecule has 0 atom stereocenters. The lowest BCUT2D eigenvalue weighted by Crippen LogP contribution is -2.12. The fraction of sp³-hybridized carbons (Fsp3) is 0.286. The number of hydrogen-bond donors (Lipinski definition) is 1. The van der Waals surface area contributed by atoms with Gasteiger partial charge in [0.15, 0.2) is 0 Å². The van der Waals surface area contributed by atoms with E-state index in [4.69, 9.17) is 0 Å². The summed E-state index contributed by atoms with van der Waals surface area (Å²) in [5.41, 5.74) is 0. The molecule has 84 valence electrons. The second-order valence-electron chi connectivity index (χ2n) is 3.79. The van der Waals surface area contributed by atoms with Crippen LogP contribution in [-0.4, -0.2) is 6.54 Å². The van der Waals surface area contributed by atoms with Crippen molar-refractivity contribution in [2.45, 2.75) is 19.9 Å². The highest BCUT2D eigenvalue weighted by atomic mass is 32.1. The van der Waals surface area contributed by atoms with E-state index in [1.54, 1.807) is 0 Å². The maximum absolute atomic E-state index is 3.46. The van der Waals surface area contributed by atoms with Gasteiger partial charge in [-0.15, -0.1) is 11.3 Å². The average Bonchev–Trinajstić information content (AvgIpc) is 2.71.